The Balaban J connectivity index is 1.70. The molecule has 0 saturated carbocycles. The van der Waals surface area contributed by atoms with Gasteiger partial charge in [-0.15, -0.1) is 0 Å². The molecule has 0 unspecified atom stereocenters. The van der Waals surface area contributed by atoms with Crippen LogP contribution in [0.1, 0.15) is 5.56 Å². The Morgan fingerprint density at radius 3 is 2.76 bits per heavy atom. The minimum atomic E-state index is -0.185. The van der Waals surface area contributed by atoms with Gasteiger partial charge in [0.15, 0.2) is 0 Å². The van der Waals surface area contributed by atoms with Gasteiger partial charge >= 0.3 is 0 Å². The van der Waals surface area contributed by atoms with E-state index in [1.165, 1.54) is 5.56 Å². The number of amides is 1. The van der Waals surface area contributed by atoms with E-state index in [9.17, 15) is 4.79 Å². The third kappa shape index (κ3) is 1.89. The fraction of sp³-hybridized carbons (Fsp3) is 0.154. The van der Waals surface area contributed by atoms with Gasteiger partial charge in [-0.05, 0) is 23.8 Å². The van der Waals surface area contributed by atoms with E-state index in [2.05, 4.69) is 10.7 Å². The number of benzene rings is 1. The van der Waals surface area contributed by atoms with Crippen LogP contribution < -0.4 is 10.7 Å². The first-order valence-electron chi connectivity index (χ1n) is 5.61. The smallest absolute Gasteiger partial charge is 0.261 e. The average Bonchev–Trinajstić information content (AvgIpc) is 2.96. The molecule has 3 rings (SSSR count). The number of nitrogens with one attached hydrogen (secondary N) is 2. The minimum absolute atomic E-state index is 0.0163. The van der Waals surface area contributed by atoms with Crippen LogP contribution in [0.5, 0.6) is 0 Å². The molecule has 1 amide bonds. The lowest BCUT2D eigenvalue weighted by atomic mass is 10.1. The van der Waals surface area contributed by atoms with E-state index >= 15 is 0 Å². The number of carbonyl (C=O) groups is 1. The Morgan fingerprint density at radius 2 is 2.00 bits per heavy atom. The Kier molecular flexibility index (Phi) is 2.33. The standard InChI is InChI=1S/C13H13N3O/c17-13(15-16-7-3-4-8-16)12-9-10-5-1-2-6-11(10)14-12/h1-8,12,14H,9H2,(H,15,17)/t12-/m0/s1. The Hall–Kier alpha value is -2.23. The summed E-state index contributed by atoms with van der Waals surface area (Å²) >= 11 is 0. The maximum Gasteiger partial charge on any atom is 0.261 e. The van der Waals surface area contributed by atoms with Crippen LogP contribution in [-0.2, 0) is 11.2 Å². The van der Waals surface area contributed by atoms with Crippen LogP contribution in [0.3, 0.4) is 0 Å². The molecule has 4 heteroatoms. The van der Waals surface area contributed by atoms with Crippen molar-refractivity contribution in [2.45, 2.75) is 12.5 Å². The summed E-state index contributed by atoms with van der Waals surface area (Å²) in [5.74, 6) is -0.0163. The monoisotopic (exact) mass is 227 g/mol. The maximum atomic E-state index is 12.0. The number of fused-ring (bicyclic) bond motifs is 1. The van der Waals surface area contributed by atoms with E-state index in [1.807, 2.05) is 36.4 Å². The van der Waals surface area contributed by atoms with Crippen molar-refractivity contribution in [1.29, 1.82) is 0 Å². The number of carbonyl (C=O) groups excluding carboxylic acids is 1. The fourth-order valence-corrected chi connectivity index (χ4v) is 2.07. The number of rotatable bonds is 2. The van der Waals surface area contributed by atoms with Crippen LogP contribution in [0.15, 0.2) is 48.8 Å². The predicted molar refractivity (Wildman–Crippen MR) is 66.4 cm³/mol. The molecule has 0 aliphatic carbocycles. The third-order valence-electron chi connectivity index (χ3n) is 2.93. The summed E-state index contributed by atoms with van der Waals surface area (Å²) in [7, 11) is 0. The molecule has 2 N–H and O–H groups in total. The highest BCUT2D eigenvalue weighted by molar-refractivity contribution is 5.93. The lowest BCUT2D eigenvalue weighted by molar-refractivity contribution is -0.117. The molecule has 1 aliphatic rings. The molecule has 2 heterocycles. The topological polar surface area (TPSA) is 46.1 Å². The van der Waals surface area contributed by atoms with Crippen LogP contribution in [0.25, 0.3) is 0 Å². The molecule has 2 aromatic rings. The zero-order valence-corrected chi connectivity index (χ0v) is 9.26. The van der Waals surface area contributed by atoms with Crippen molar-refractivity contribution < 1.29 is 4.79 Å². The molecule has 86 valence electrons. The minimum Gasteiger partial charge on any atom is -0.373 e. The molecule has 0 spiro atoms. The van der Waals surface area contributed by atoms with Crippen molar-refractivity contribution in [3.63, 3.8) is 0 Å². The molecule has 1 aliphatic heterocycles. The van der Waals surface area contributed by atoms with Crippen LogP contribution in [0.2, 0.25) is 0 Å². The summed E-state index contributed by atoms with van der Waals surface area (Å²) in [5, 5.41) is 3.22. The first kappa shape index (κ1) is 9.96. The van der Waals surface area contributed by atoms with Gasteiger partial charge < -0.3 is 5.32 Å². The quantitative estimate of drug-likeness (QED) is 0.818. The average molecular weight is 227 g/mol. The Labute approximate surface area is 99.2 Å². The number of hydrogen-bond donors (Lipinski definition) is 2. The van der Waals surface area contributed by atoms with E-state index in [1.54, 1.807) is 17.1 Å². The van der Waals surface area contributed by atoms with Crippen molar-refractivity contribution in [3.05, 3.63) is 54.4 Å². The van der Waals surface area contributed by atoms with Crippen molar-refractivity contribution in [3.8, 4) is 0 Å². The van der Waals surface area contributed by atoms with Gasteiger partial charge in [0.05, 0.1) is 0 Å². The molecule has 0 radical (unpaired) electrons. The van der Waals surface area contributed by atoms with Gasteiger partial charge in [0.2, 0.25) is 0 Å². The summed E-state index contributed by atoms with van der Waals surface area (Å²) < 4.78 is 1.66. The Morgan fingerprint density at radius 1 is 1.24 bits per heavy atom. The predicted octanol–water partition coefficient (Wildman–Crippen LogP) is 1.59. The number of para-hydroxylation sites is 1. The van der Waals surface area contributed by atoms with Crippen LogP contribution >= 0.6 is 0 Å². The van der Waals surface area contributed by atoms with Crippen LogP contribution in [0, 0.1) is 0 Å². The number of anilines is 1. The zero-order chi connectivity index (χ0) is 11.7. The van der Waals surface area contributed by atoms with E-state index < -0.39 is 0 Å². The lowest BCUT2D eigenvalue weighted by Gasteiger charge is -2.12. The maximum absolute atomic E-state index is 12.0. The van der Waals surface area contributed by atoms with Crippen molar-refractivity contribution in [1.82, 2.24) is 4.68 Å². The van der Waals surface area contributed by atoms with E-state index in [-0.39, 0.29) is 11.9 Å². The van der Waals surface area contributed by atoms with E-state index in [0.29, 0.717) is 0 Å². The number of nitrogens with zero attached hydrogens (tertiary/aromatic N) is 1. The fourth-order valence-electron chi connectivity index (χ4n) is 2.07. The highest BCUT2D eigenvalue weighted by Gasteiger charge is 2.26. The molecule has 1 aromatic carbocycles. The molecule has 0 bridgehead atoms. The zero-order valence-electron chi connectivity index (χ0n) is 9.26. The van der Waals surface area contributed by atoms with Gasteiger partial charge in [-0.1, -0.05) is 18.2 Å². The largest absolute Gasteiger partial charge is 0.373 e. The SMILES string of the molecule is O=C(Nn1cccc1)[C@@H]1Cc2ccccc2N1. The number of aromatic nitrogens is 1. The molecule has 1 aromatic heterocycles. The first-order valence-corrected chi connectivity index (χ1v) is 5.61. The van der Waals surface area contributed by atoms with Crippen molar-refractivity contribution in [2.24, 2.45) is 0 Å². The van der Waals surface area contributed by atoms with Gasteiger partial charge in [-0.2, -0.15) is 0 Å². The second kappa shape index (κ2) is 3.97. The van der Waals surface area contributed by atoms with Crippen LogP contribution in [-0.4, -0.2) is 16.6 Å². The summed E-state index contributed by atoms with van der Waals surface area (Å²) in [4.78, 5) is 12.0. The molecular formula is C13H13N3O. The summed E-state index contributed by atoms with van der Waals surface area (Å²) in [6, 6.07) is 11.6. The van der Waals surface area contributed by atoms with Gasteiger partial charge in [-0.25, -0.2) is 0 Å². The highest BCUT2D eigenvalue weighted by Crippen LogP contribution is 2.25. The lowest BCUT2D eigenvalue weighted by Crippen LogP contribution is -2.36. The molecule has 0 fully saturated rings. The number of hydrogen-bond acceptors (Lipinski definition) is 2. The van der Waals surface area contributed by atoms with Crippen LogP contribution in [0.4, 0.5) is 5.69 Å². The molecule has 1 atom stereocenters. The van der Waals surface area contributed by atoms with Crippen molar-refractivity contribution >= 4 is 11.6 Å². The second-order valence-corrected chi connectivity index (χ2v) is 4.12. The molecule has 17 heavy (non-hydrogen) atoms. The molecule has 4 nitrogen and oxygen atoms in total. The van der Waals surface area contributed by atoms with Crippen molar-refractivity contribution in [2.75, 3.05) is 10.7 Å². The van der Waals surface area contributed by atoms with E-state index in [0.717, 1.165) is 12.1 Å². The van der Waals surface area contributed by atoms with Gasteiger partial charge in [0.1, 0.15) is 6.04 Å². The molecule has 0 saturated heterocycles. The van der Waals surface area contributed by atoms with Gasteiger partial charge in [0.25, 0.3) is 5.91 Å². The molecular weight excluding hydrogens is 214 g/mol. The first-order chi connectivity index (χ1) is 8.33. The summed E-state index contributed by atoms with van der Waals surface area (Å²) in [6.45, 7) is 0. The summed E-state index contributed by atoms with van der Waals surface area (Å²) in [5.41, 5.74) is 5.06. The normalized spacial score (nSPS) is 17.3. The van der Waals surface area contributed by atoms with E-state index in [4.69, 9.17) is 0 Å². The van der Waals surface area contributed by atoms with Gasteiger partial charge in [-0.3, -0.25) is 14.9 Å². The summed E-state index contributed by atoms with van der Waals surface area (Å²) in [6.07, 6.45) is 4.35. The second-order valence-electron chi connectivity index (χ2n) is 4.12. The van der Waals surface area contributed by atoms with Gasteiger partial charge in [0, 0.05) is 24.5 Å². The Bertz CT molecular complexity index is 508. The third-order valence-corrected chi connectivity index (χ3v) is 2.93. The highest BCUT2D eigenvalue weighted by atomic mass is 16.2.